The summed E-state index contributed by atoms with van der Waals surface area (Å²) in [5, 5.41) is 2.61. The van der Waals surface area contributed by atoms with E-state index in [2.05, 4.69) is 12.2 Å². The Morgan fingerprint density at radius 1 is 1.08 bits per heavy atom. The van der Waals surface area contributed by atoms with Crippen LogP contribution in [0.4, 0.5) is 0 Å². The number of rotatable bonds is 9. The number of nitrogens with zero attached hydrogens (tertiary/aromatic N) is 1. The van der Waals surface area contributed by atoms with E-state index in [1.807, 2.05) is 0 Å². The van der Waals surface area contributed by atoms with E-state index >= 15 is 0 Å². The van der Waals surface area contributed by atoms with Gasteiger partial charge in [0.25, 0.3) is 5.91 Å². The molecule has 0 aliphatic heterocycles. The van der Waals surface area contributed by atoms with Crippen molar-refractivity contribution in [3.05, 3.63) is 17.7 Å². The lowest BCUT2D eigenvalue weighted by molar-refractivity contribution is -0.128. The fraction of sp³-hybridized carbons (Fsp3) is 0.529. The van der Waals surface area contributed by atoms with E-state index in [1.165, 1.54) is 21.3 Å². The molecule has 134 valence electrons. The Balaban J connectivity index is 2.79. The Bertz CT molecular complexity index is 549. The predicted octanol–water partition coefficient (Wildman–Crippen LogP) is 1.70. The molecule has 0 bridgehead atoms. The molecule has 1 aromatic carbocycles. The standard InChI is InChI=1S/C17H26N2O5/c1-6-7-8-19(2)15(20)11-18-17(21)12-9-13(22-3)16(24-5)14(10-12)23-4/h9-10H,6-8,11H2,1-5H3,(H,18,21). The van der Waals surface area contributed by atoms with Crippen LogP contribution in [0.25, 0.3) is 0 Å². The van der Waals surface area contributed by atoms with Crippen LogP contribution in [0.15, 0.2) is 12.1 Å². The number of ether oxygens (including phenoxy) is 3. The second-order valence-corrected chi connectivity index (χ2v) is 5.27. The van der Waals surface area contributed by atoms with E-state index in [-0.39, 0.29) is 18.4 Å². The quantitative estimate of drug-likeness (QED) is 0.741. The summed E-state index contributed by atoms with van der Waals surface area (Å²) in [6.07, 6.45) is 1.94. The van der Waals surface area contributed by atoms with E-state index in [0.29, 0.717) is 29.4 Å². The largest absolute Gasteiger partial charge is 0.493 e. The van der Waals surface area contributed by atoms with Crippen LogP contribution in [0.2, 0.25) is 0 Å². The van der Waals surface area contributed by atoms with E-state index in [1.54, 1.807) is 24.1 Å². The Kier molecular flexibility index (Phi) is 7.88. The van der Waals surface area contributed by atoms with Crippen molar-refractivity contribution in [2.75, 3.05) is 41.5 Å². The van der Waals surface area contributed by atoms with Crippen LogP contribution < -0.4 is 19.5 Å². The zero-order valence-corrected chi connectivity index (χ0v) is 15.0. The molecule has 7 nitrogen and oxygen atoms in total. The van der Waals surface area contributed by atoms with Crippen LogP contribution in [0.5, 0.6) is 17.2 Å². The molecule has 0 unspecified atom stereocenters. The zero-order valence-electron chi connectivity index (χ0n) is 15.0. The van der Waals surface area contributed by atoms with Gasteiger partial charge in [-0.3, -0.25) is 9.59 Å². The van der Waals surface area contributed by atoms with E-state index in [4.69, 9.17) is 14.2 Å². The molecule has 0 saturated carbocycles. The molecule has 0 atom stereocenters. The van der Waals surface area contributed by atoms with Gasteiger partial charge < -0.3 is 24.4 Å². The lowest BCUT2D eigenvalue weighted by Crippen LogP contribution is -2.38. The summed E-state index contributed by atoms with van der Waals surface area (Å²) in [6.45, 7) is 2.68. The molecule has 0 aromatic heterocycles. The molecule has 0 saturated heterocycles. The van der Waals surface area contributed by atoms with Gasteiger partial charge in [0.15, 0.2) is 11.5 Å². The lowest BCUT2D eigenvalue weighted by atomic mass is 10.1. The number of benzene rings is 1. The average Bonchev–Trinajstić information content (AvgIpc) is 2.62. The van der Waals surface area contributed by atoms with Crippen molar-refractivity contribution < 1.29 is 23.8 Å². The highest BCUT2D eigenvalue weighted by molar-refractivity contribution is 5.97. The number of likely N-dealkylation sites (N-methyl/N-ethyl adjacent to an activating group) is 1. The summed E-state index contributed by atoms with van der Waals surface area (Å²) >= 11 is 0. The van der Waals surface area contributed by atoms with E-state index in [9.17, 15) is 9.59 Å². The molecule has 0 fully saturated rings. The number of unbranched alkanes of at least 4 members (excludes halogenated alkanes) is 1. The first-order valence-electron chi connectivity index (χ1n) is 7.80. The van der Waals surface area contributed by atoms with Crippen molar-refractivity contribution in [2.45, 2.75) is 19.8 Å². The SMILES string of the molecule is CCCCN(C)C(=O)CNC(=O)c1cc(OC)c(OC)c(OC)c1. The van der Waals surface area contributed by atoms with Crippen LogP contribution in [-0.2, 0) is 4.79 Å². The summed E-state index contributed by atoms with van der Waals surface area (Å²) in [7, 11) is 6.17. The summed E-state index contributed by atoms with van der Waals surface area (Å²) in [5.41, 5.74) is 0.327. The highest BCUT2D eigenvalue weighted by atomic mass is 16.5. The smallest absolute Gasteiger partial charge is 0.251 e. The number of carbonyl (C=O) groups excluding carboxylic acids is 2. The molecule has 0 spiro atoms. The fourth-order valence-electron chi connectivity index (χ4n) is 2.13. The van der Waals surface area contributed by atoms with Crippen LogP contribution in [0, 0.1) is 0 Å². The number of nitrogens with one attached hydrogen (secondary N) is 1. The van der Waals surface area contributed by atoms with Gasteiger partial charge in [-0.1, -0.05) is 13.3 Å². The molecule has 24 heavy (non-hydrogen) atoms. The Hall–Kier alpha value is -2.44. The maximum atomic E-state index is 12.3. The molecule has 1 rings (SSSR count). The van der Waals surface area contributed by atoms with Gasteiger partial charge in [-0.15, -0.1) is 0 Å². The van der Waals surface area contributed by atoms with Crippen LogP contribution in [0.3, 0.4) is 0 Å². The zero-order chi connectivity index (χ0) is 18.1. The first-order chi connectivity index (χ1) is 11.5. The number of amides is 2. The normalized spacial score (nSPS) is 10.0. The summed E-state index contributed by atoms with van der Waals surface area (Å²) < 4.78 is 15.7. The van der Waals surface area contributed by atoms with Gasteiger partial charge >= 0.3 is 0 Å². The monoisotopic (exact) mass is 338 g/mol. The summed E-state index contributed by atoms with van der Waals surface area (Å²) in [4.78, 5) is 25.9. The minimum absolute atomic E-state index is 0.0598. The fourth-order valence-corrected chi connectivity index (χ4v) is 2.13. The molecule has 0 aliphatic rings. The summed E-state index contributed by atoms with van der Waals surface area (Å²) in [5.74, 6) is 0.657. The molecule has 2 amide bonds. The highest BCUT2D eigenvalue weighted by Gasteiger charge is 2.18. The van der Waals surface area contributed by atoms with Crippen LogP contribution in [-0.4, -0.2) is 58.2 Å². The molecular weight excluding hydrogens is 312 g/mol. The maximum Gasteiger partial charge on any atom is 0.251 e. The summed E-state index contributed by atoms with van der Waals surface area (Å²) in [6, 6.07) is 3.09. The Morgan fingerprint density at radius 2 is 1.67 bits per heavy atom. The minimum atomic E-state index is -0.383. The van der Waals surface area contributed by atoms with Gasteiger partial charge in [0.1, 0.15) is 0 Å². The average molecular weight is 338 g/mol. The highest BCUT2D eigenvalue weighted by Crippen LogP contribution is 2.38. The third kappa shape index (κ3) is 5.04. The van der Waals surface area contributed by atoms with Crippen molar-refractivity contribution in [2.24, 2.45) is 0 Å². The van der Waals surface area contributed by atoms with Crippen molar-refractivity contribution in [3.63, 3.8) is 0 Å². The van der Waals surface area contributed by atoms with Crippen LogP contribution in [0.1, 0.15) is 30.1 Å². The molecule has 0 heterocycles. The number of methoxy groups -OCH3 is 3. The second-order valence-electron chi connectivity index (χ2n) is 5.27. The van der Waals surface area contributed by atoms with Crippen molar-refractivity contribution in [3.8, 4) is 17.2 Å². The van der Waals surface area contributed by atoms with Gasteiger partial charge in [0.05, 0.1) is 27.9 Å². The van der Waals surface area contributed by atoms with Crippen LogP contribution >= 0.6 is 0 Å². The third-order valence-corrected chi connectivity index (χ3v) is 3.60. The Morgan fingerprint density at radius 3 is 2.12 bits per heavy atom. The molecule has 0 radical (unpaired) electrons. The van der Waals surface area contributed by atoms with Gasteiger partial charge in [-0.05, 0) is 18.6 Å². The second kappa shape index (κ2) is 9.64. The maximum absolute atomic E-state index is 12.3. The molecule has 1 N–H and O–H groups in total. The number of hydrogen-bond acceptors (Lipinski definition) is 5. The molecular formula is C17H26N2O5. The lowest BCUT2D eigenvalue weighted by Gasteiger charge is -2.17. The van der Waals surface area contributed by atoms with Crippen molar-refractivity contribution in [1.82, 2.24) is 10.2 Å². The third-order valence-electron chi connectivity index (χ3n) is 3.60. The van der Waals surface area contributed by atoms with Crippen molar-refractivity contribution in [1.29, 1.82) is 0 Å². The predicted molar refractivity (Wildman–Crippen MR) is 91.0 cm³/mol. The number of hydrogen-bond donors (Lipinski definition) is 1. The molecule has 7 heteroatoms. The van der Waals surface area contributed by atoms with Gasteiger partial charge in [-0.25, -0.2) is 0 Å². The molecule has 0 aliphatic carbocycles. The first kappa shape index (κ1) is 19.6. The van der Waals surface area contributed by atoms with E-state index < -0.39 is 0 Å². The Labute approximate surface area is 142 Å². The van der Waals surface area contributed by atoms with Gasteiger partial charge in [0, 0.05) is 19.2 Å². The first-order valence-corrected chi connectivity index (χ1v) is 7.80. The van der Waals surface area contributed by atoms with Gasteiger partial charge in [0.2, 0.25) is 11.7 Å². The minimum Gasteiger partial charge on any atom is -0.493 e. The van der Waals surface area contributed by atoms with E-state index in [0.717, 1.165) is 12.8 Å². The molecule has 1 aromatic rings. The van der Waals surface area contributed by atoms with Gasteiger partial charge in [-0.2, -0.15) is 0 Å². The topological polar surface area (TPSA) is 77.1 Å². The van der Waals surface area contributed by atoms with Crippen molar-refractivity contribution >= 4 is 11.8 Å². The number of carbonyl (C=O) groups is 2.